The van der Waals surface area contributed by atoms with E-state index in [1.165, 1.54) is 22.0 Å². The molecule has 2 heteroatoms. The maximum atomic E-state index is 5.58. The molecule has 0 spiro atoms. The molecule has 1 aromatic carbocycles. The zero-order chi connectivity index (χ0) is 9.14. The number of halogens is 1. The maximum Gasteiger partial charge on any atom is 0.0322 e. The van der Waals surface area contributed by atoms with E-state index in [1.54, 1.807) is 5.26 Å². The van der Waals surface area contributed by atoms with Crippen LogP contribution >= 0.6 is 19.8 Å². The quantitative estimate of drug-likeness (QED) is 0.608. The minimum absolute atomic E-state index is 1.10. The van der Waals surface area contributed by atoms with Gasteiger partial charge < -0.3 is 0 Å². The molecule has 0 atom stereocenters. The summed E-state index contributed by atoms with van der Waals surface area (Å²) in [5.74, 6) is 0. The highest BCUT2D eigenvalue weighted by Crippen LogP contribution is 2.11. The van der Waals surface area contributed by atoms with E-state index < -0.39 is 0 Å². The predicted octanol–water partition coefficient (Wildman–Crippen LogP) is 3.18. The third-order valence-corrected chi connectivity index (χ3v) is 3.17. The van der Waals surface area contributed by atoms with Crippen molar-refractivity contribution < 1.29 is 0 Å². The fourth-order valence-corrected chi connectivity index (χ4v) is 2.35. The van der Waals surface area contributed by atoms with Gasteiger partial charge in [-0.05, 0) is 31.9 Å². The number of hydrogen-bond donors (Lipinski definition) is 0. The average Bonchev–Trinajstić information content (AvgIpc) is 1.96. The summed E-state index contributed by atoms with van der Waals surface area (Å²) in [6, 6.07) is 4.38. The van der Waals surface area contributed by atoms with Crippen LogP contribution in [0.4, 0.5) is 0 Å². The first-order chi connectivity index (χ1) is 5.65. The van der Waals surface area contributed by atoms with Gasteiger partial charge in [0.05, 0.1) is 0 Å². The van der Waals surface area contributed by atoms with Gasteiger partial charge in [-0.2, -0.15) is 0 Å². The molecule has 0 saturated heterocycles. The smallest absolute Gasteiger partial charge is 0.0322 e. The van der Waals surface area contributed by atoms with Crippen LogP contribution in [0.2, 0.25) is 0 Å². The number of aryl methyl sites for hydroxylation is 3. The van der Waals surface area contributed by atoms with Gasteiger partial charge in [-0.1, -0.05) is 37.5 Å². The zero-order valence-corrected chi connectivity index (χ0v) is 9.21. The van der Waals surface area contributed by atoms with Crippen molar-refractivity contribution in [1.82, 2.24) is 0 Å². The van der Waals surface area contributed by atoms with Gasteiger partial charge >= 0.3 is 0 Å². The van der Waals surface area contributed by atoms with E-state index in [2.05, 4.69) is 32.9 Å². The number of benzene rings is 1. The van der Waals surface area contributed by atoms with Crippen molar-refractivity contribution in [3.8, 4) is 0 Å². The summed E-state index contributed by atoms with van der Waals surface area (Å²) in [5, 5.41) is 2.99. The Balaban J connectivity index is 3.28. The molecule has 1 aromatic rings. The lowest BCUT2D eigenvalue weighted by atomic mass is 10.1. The summed E-state index contributed by atoms with van der Waals surface area (Å²) in [4.78, 5) is 0. The molecule has 0 fully saturated rings. The highest BCUT2D eigenvalue weighted by atomic mass is 35.5. The molecule has 0 unspecified atom stereocenters. The molecular formula is C10H12ClP. The second kappa shape index (κ2) is 4.07. The normalized spacial score (nSPS) is 11.0. The van der Waals surface area contributed by atoms with Gasteiger partial charge in [0.1, 0.15) is 0 Å². The van der Waals surface area contributed by atoms with E-state index in [0.29, 0.717) is 0 Å². The van der Waals surface area contributed by atoms with Crippen LogP contribution in [0.15, 0.2) is 12.1 Å². The molecule has 0 saturated carbocycles. The van der Waals surface area contributed by atoms with Crippen molar-refractivity contribution >= 4 is 30.4 Å². The van der Waals surface area contributed by atoms with Crippen molar-refractivity contribution in [2.24, 2.45) is 0 Å². The Morgan fingerprint density at radius 3 is 2.08 bits per heavy atom. The first-order valence-corrected chi connectivity index (χ1v) is 5.25. The second-order valence-electron chi connectivity index (χ2n) is 2.97. The third-order valence-electron chi connectivity index (χ3n) is 1.81. The maximum absolute atomic E-state index is 5.58. The molecule has 12 heavy (non-hydrogen) atoms. The van der Waals surface area contributed by atoms with Crippen LogP contribution in [0.25, 0.3) is 0 Å². The standard InChI is InChI=1S/C10H12ClP/c1-7-4-8(2)10(12-6-11)9(3)5-7/h4-6H,1-3H3. The molecule has 0 aliphatic heterocycles. The second-order valence-corrected chi connectivity index (χ2v) is 4.46. The van der Waals surface area contributed by atoms with Crippen molar-refractivity contribution in [3.63, 3.8) is 0 Å². The Labute approximate surface area is 80.4 Å². The highest BCUT2D eigenvalue weighted by Gasteiger charge is 1.99. The zero-order valence-electron chi connectivity index (χ0n) is 7.56. The fraction of sp³-hybridized carbons (Fsp3) is 0.300. The lowest BCUT2D eigenvalue weighted by Crippen LogP contribution is -2.03. The van der Waals surface area contributed by atoms with Gasteiger partial charge in [0, 0.05) is 10.6 Å². The molecule has 0 heterocycles. The monoisotopic (exact) mass is 198 g/mol. The Morgan fingerprint density at radius 1 is 1.17 bits per heavy atom. The van der Waals surface area contributed by atoms with Gasteiger partial charge in [0.2, 0.25) is 0 Å². The summed E-state index contributed by atoms with van der Waals surface area (Å²) >= 11 is 5.58. The van der Waals surface area contributed by atoms with Crippen LogP contribution in [0.3, 0.4) is 0 Å². The van der Waals surface area contributed by atoms with Gasteiger partial charge in [-0.15, -0.1) is 0 Å². The van der Waals surface area contributed by atoms with E-state index in [4.69, 9.17) is 11.6 Å². The van der Waals surface area contributed by atoms with Gasteiger partial charge in [-0.3, -0.25) is 0 Å². The highest BCUT2D eigenvalue weighted by molar-refractivity contribution is 7.51. The van der Waals surface area contributed by atoms with Crippen LogP contribution in [0.5, 0.6) is 0 Å². The Kier molecular flexibility index (Phi) is 3.31. The van der Waals surface area contributed by atoms with Crippen molar-refractivity contribution in [3.05, 3.63) is 28.8 Å². The van der Waals surface area contributed by atoms with E-state index in [0.717, 1.165) is 8.20 Å². The van der Waals surface area contributed by atoms with Crippen LogP contribution in [-0.4, -0.2) is 5.26 Å². The minimum atomic E-state index is 1.10. The summed E-state index contributed by atoms with van der Waals surface area (Å²) in [6.07, 6.45) is 0. The fourth-order valence-electron chi connectivity index (χ4n) is 1.42. The topological polar surface area (TPSA) is 0 Å². The predicted molar refractivity (Wildman–Crippen MR) is 59.1 cm³/mol. The van der Waals surface area contributed by atoms with Crippen molar-refractivity contribution in [2.45, 2.75) is 20.8 Å². The van der Waals surface area contributed by atoms with Crippen LogP contribution in [0, 0.1) is 20.8 Å². The molecule has 0 bridgehead atoms. The Bertz CT molecular complexity index is 293. The van der Waals surface area contributed by atoms with Gasteiger partial charge in [0.25, 0.3) is 0 Å². The molecule has 0 amide bonds. The SMILES string of the molecule is Cc1cc(C)c(P=CCl)c(C)c1. The van der Waals surface area contributed by atoms with Gasteiger partial charge in [-0.25, -0.2) is 0 Å². The Morgan fingerprint density at radius 2 is 1.67 bits per heavy atom. The summed E-state index contributed by atoms with van der Waals surface area (Å²) < 4.78 is 0. The largest absolute Gasteiger partial charge is 0.0876 e. The van der Waals surface area contributed by atoms with Crippen molar-refractivity contribution in [1.29, 1.82) is 0 Å². The first-order valence-electron chi connectivity index (χ1n) is 3.85. The van der Waals surface area contributed by atoms with Crippen LogP contribution < -0.4 is 5.30 Å². The minimum Gasteiger partial charge on any atom is -0.0876 e. The number of hydrogen-bond acceptors (Lipinski definition) is 0. The molecule has 1 rings (SSSR count). The van der Waals surface area contributed by atoms with Crippen molar-refractivity contribution in [2.75, 3.05) is 0 Å². The average molecular weight is 199 g/mol. The van der Waals surface area contributed by atoms with Gasteiger partial charge in [0.15, 0.2) is 0 Å². The molecule has 0 radical (unpaired) electrons. The van der Waals surface area contributed by atoms with E-state index in [1.807, 2.05) is 0 Å². The number of rotatable bonds is 1. The van der Waals surface area contributed by atoms with Crippen LogP contribution in [0.1, 0.15) is 16.7 Å². The summed E-state index contributed by atoms with van der Waals surface area (Å²) in [6.45, 7) is 6.37. The lowest BCUT2D eigenvalue weighted by Gasteiger charge is -2.05. The summed E-state index contributed by atoms with van der Waals surface area (Å²) in [5.41, 5.74) is 3.97. The first kappa shape index (κ1) is 9.77. The Hall–Kier alpha value is -0.320. The third kappa shape index (κ3) is 2.09. The molecule has 0 aromatic heterocycles. The van der Waals surface area contributed by atoms with E-state index in [9.17, 15) is 0 Å². The molecule has 0 aliphatic carbocycles. The van der Waals surface area contributed by atoms with E-state index in [-0.39, 0.29) is 0 Å². The summed E-state index contributed by atoms with van der Waals surface area (Å²) in [7, 11) is 1.10. The van der Waals surface area contributed by atoms with Crippen LogP contribution in [-0.2, 0) is 0 Å². The molecule has 0 nitrogen and oxygen atoms in total. The molecule has 0 aliphatic rings. The van der Waals surface area contributed by atoms with E-state index >= 15 is 0 Å². The molecular weight excluding hydrogens is 187 g/mol. The lowest BCUT2D eigenvalue weighted by molar-refractivity contribution is 1.36. The molecule has 0 N–H and O–H groups in total. The molecule has 64 valence electrons.